The van der Waals surface area contributed by atoms with Gasteiger partial charge in [0.2, 0.25) is 6.79 Å². The Morgan fingerprint density at radius 3 is 2.76 bits per heavy atom. The molecule has 1 aliphatic heterocycles. The van der Waals surface area contributed by atoms with Gasteiger partial charge in [-0.15, -0.1) is 6.58 Å². The SMILES string of the molecule is C=CCNC(=O)C(=O)NN=Cc1cc2c(cc1Br)OCO2. The summed E-state index contributed by atoms with van der Waals surface area (Å²) >= 11 is 3.35. The van der Waals surface area contributed by atoms with Crippen LogP contribution in [0.25, 0.3) is 0 Å². The predicted molar refractivity (Wildman–Crippen MR) is 79.2 cm³/mol. The molecule has 0 unspecified atom stereocenters. The molecule has 7 nitrogen and oxygen atoms in total. The summed E-state index contributed by atoms with van der Waals surface area (Å²) in [5.41, 5.74) is 2.80. The topological polar surface area (TPSA) is 89.0 Å². The molecule has 21 heavy (non-hydrogen) atoms. The lowest BCUT2D eigenvalue weighted by molar-refractivity contribution is -0.139. The summed E-state index contributed by atoms with van der Waals surface area (Å²) in [6.45, 7) is 3.81. The summed E-state index contributed by atoms with van der Waals surface area (Å²) in [6.07, 6.45) is 2.86. The number of benzene rings is 1. The molecule has 0 radical (unpaired) electrons. The highest BCUT2D eigenvalue weighted by atomic mass is 79.9. The predicted octanol–water partition coefficient (Wildman–Crippen LogP) is 0.930. The average molecular weight is 354 g/mol. The van der Waals surface area contributed by atoms with E-state index in [9.17, 15) is 9.59 Å². The Bertz CT molecular complexity index is 616. The molecule has 0 aromatic heterocycles. The maximum atomic E-state index is 11.4. The molecule has 0 saturated carbocycles. The van der Waals surface area contributed by atoms with Crippen LogP contribution in [0.15, 0.2) is 34.4 Å². The van der Waals surface area contributed by atoms with Gasteiger partial charge in [0.1, 0.15) is 0 Å². The van der Waals surface area contributed by atoms with Gasteiger partial charge in [-0.2, -0.15) is 5.10 Å². The molecule has 0 spiro atoms. The average Bonchev–Trinajstić information content (AvgIpc) is 2.91. The van der Waals surface area contributed by atoms with Crippen molar-refractivity contribution in [2.24, 2.45) is 5.10 Å². The van der Waals surface area contributed by atoms with Gasteiger partial charge in [-0.3, -0.25) is 9.59 Å². The minimum atomic E-state index is -0.857. The normalized spacial score (nSPS) is 12.2. The first kappa shape index (κ1) is 15.0. The van der Waals surface area contributed by atoms with Crippen molar-refractivity contribution in [3.8, 4) is 11.5 Å². The third-order valence-corrected chi connectivity index (χ3v) is 3.16. The van der Waals surface area contributed by atoms with Gasteiger partial charge >= 0.3 is 11.8 Å². The van der Waals surface area contributed by atoms with Crippen molar-refractivity contribution in [1.29, 1.82) is 0 Å². The van der Waals surface area contributed by atoms with E-state index in [2.05, 4.69) is 38.4 Å². The Morgan fingerprint density at radius 1 is 1.33 bits per heavy atom. The van der Waals surface area contributed by atoms with E-state index in [1.54, 1.807) is 12.1 Å². The molecule has 0 saturated heterocycles. The quantitative estimate of drug-likeness (QED) is 0.364. The van der Waals surface area contributed by atoms with E-state index in [0.717, 1.165) is 4.47 Å². The maximum Gasteiger partial charge on any atom is 0.329 e. The number of nitrogens with one attached hydrogen (secondary N) is 2. The molecular weight excluding hydrogens is 342 g/mol. The van der Waals surface area contributed by atoms with Gasteiger partial charge in [0.25, 0.3) is 0 Å². The highest BCUT2D eigenvalue weighted by molar-refractivity contribution is 9.10. The minimum Gasteiger partial charge on any atom is -0.454 e. The standard InChI is InChI=1S/C13H12BrN3O4/c1-2-3-15-12(18)13(19)17-16-6-8-4-10-11(5-9(8)14)21-7-20-10/h2,4-6H,1,3,7H2,(H,15,18)(H,17,19). The van der Waals surface area contributed by atoms with E-state index in [4.69, 9.17) is 9.47 Å². The van der Waals surface area contributed by atoms with Crippen molar-refractivity contribution in [2.75, 3.05) is 13.3 Å². The van der Waals surface area contributed by atoms with Crippen molar-refractivity contribution in [3.63, 3.8) is 0 Å². The molecule has 2 N–H and O–H groups in total. The number of amides is 2. The molecule has 1 aromatic rings. The number of hydrogen-bond acceptors (Lipinski definition) is 5. The number of fused-ring (bicyclic) bond motifs is 1. The number of hydrazone groups is 1. The Balaban J connectivity index is 1.97. The Kier molecular flexibility index (Phi) is 4.94. The monoisotopic (exact) mass is 353 g/mol. The van der Waals surface area contributed by atoms with Crippen molar-refractivity contribution in [2.45, 2.75) is 0 Å². The molecule has 1 aromatic carbocycles. The number of carbonyl (C=O) groups is 2. The van der Waals surface area contributed by atoms with E-state index in [1.165, 1.54) is 12.3 Å². The van der Waals surface area contributed by atoms with Gasteiger partial charge in [0, 0.05) is 16.6 Å². The number of hydrogen-bond donors (Lipinski definition) is 2. The van der Waals surface area contributed by atoms with Crippen LogP contribution in [0, 0.1) is 0 Å². The van der Waals surface area contributed by atoms with Gasteiger partial charge in [-0.25, -0.2) is 5.43 Å². The molecule has 1 aliphatic rings. The largest absolute Gasteiger partial charge is 0.454 e. The van der Waals surface area contributed by atoms with Gasteiger partial charge in [0.05, 0.1) is 6.21 Å². The van der Waals surface area contributed by atoms with Crippen LogP contribution >= 0.6 is 15.9 Å². The number of halogens is 1. The zero-order valence-electron chi connectivity index (χ0n) is 10.9. The lowest BCUT2D eigenvalue weighted by atomic mass is 10.2. The Labute approximate surface area is 129 Å². The van der Waals surface area contributed by atoms with Crippen molar-refractivity contribution in [1.82, 2.24) is 10.7 Å². The number of ether oxygens (including phenoxy) is 2. The summed E-state index contributed by atoms with van der Waals surface area (Å²) < 4.78 is 11.2. The first-order valence-corrected chi connectivity index (χ1v) is 6.72. The zero-order chi connectivity index (χ0) is 15.2. The molecule has 110 valence electrons. The maximum absolute atomic E-state index is 11.4. The summed E-state index contributed by atoms with van der Waals surface area (Å²) in [6, 6.07) is 3.45. The lowest BCUT2D eigenvalue weighted by Gasteiger charge is -2.02. The van der Waals surface area contributed by atoms with E-state index < -0.39 is 11.8 Å². The molecule has 1 heterocycles. The van der Waals surface area contributed by atoms with Crippen LogP contribution in [0.4, 0.5) is 0 Å². The zero-order valence-corrected chi connectivity index (χ0v) is 12.5. The van der Waals surface area contributed by atoms with E-state index in [0.29, 0.717) is 17.1 Å². The second-order valence-corrected chi connectivity index (χ2v) is 4.78. The number of carbonyl (C=O) groups excluding carboxylic acids is 2. The fourth-order valence-corrected chi connectivity index (χ4v) is 1.91. The van der Waals surface area contributed by atoms with Crippen LogP contribution in [-0.4, -0.2) is 31.4 Å². The minimum absolute atomic E-state index is 0.169. The van der Waals surface area contributed by atoms with Crippen molar-refractivity contribution < 1.29 is 19.1 Å². The van der Waals surface area contributed by atoms with E-state index in [1.807, 2.05) is 0 Å². The first-order chi connectivity index (χ1) is 10.1. The smallest absolute Gasteiger partial charge is 0.329 e. The van der Waals surface area contributed by atoms with Crippen LogP contribution in [0.1, 0.15) is 5.56 Å². The molecule has 0 aliphatic carbocycles. The van der Waals surface area contributed by atoms with Gasteiger partial charge < -0.3 is 14.8 Å². The van der Waals surface area contributed by atoms with Crippen LogP contribution in [-0.2, 0) is 9.59 Å². The van der Waals surface area contributed by atoms with Crippen molar-refractivity contribution >= 4 is 34.0 Å². The van der Waals surface area contributed by atoms with Gasteiger partial charge in [0.15, 0.2) is 11.5 Å². The molecule has 2 amide bonds. The van der Waals surface area contributed by atoms with E-state index >= 15 is 0 Å². The molecule has 2 rings (SSSR count). The Hall–Kier alpha value is -2.35. The summed E-state index contributed by atoms with van der Waals surface area (Å²) in [5, 5.41) is 6.06. The molecule has 8 heteroatoms. The fraction of sp³-hybridized carbons (Fsp3) is 0.154. The molecule has 0 atom stereocenters. The number of rotatable bonds is 4. The molecule has 0 bridgehead atoms. The first-order valence-electron chi connectivity index (χ1n) is 5.93. The summed E-state index contributed by atoms with van der Waals surface area (Å²) in [5.74, 6) is -0.414. The van der Waals surface area contributed by atoms with Gasteiger partial charge in [-0.05, 0) is 28.1 Å². The summed E-state index contributed by atoms with van der Waals surface area (Å²) in [7, 11) is 0. The lowest BCUT2D eigenvalue weighted by Crippen LogP contribution is -2.37. The van der Waals surface area contributed by atoms with Gasteiger partial charge in [-0.1, -0.05) is 6.08 Å². The van der Waals surface area contributed by atoms with Crippen LogP contribution in [0.5, 0.6) is 11.5 Å². The Morgan fingerprint density at radius 2 is 2.05 bits per heavy atom. The fourth-order valence-electron chi connectivity index (χ4n) is 1.49. The van der Waals surface area contributed by atoms with Crippen molar-refractivity contribution in [3.05, 3.63) is 34.8 Å². The van der Waals surface area contributed by atoms with Crippen LogP contribution in [0.3, 0.4) is 0 Å². The molecular formula is C13H12BrN3O4. The van der Waals surface area contributed by atoms with Crippen LogP contribution in [0.2, 0.25) is 0 Å². The highest BCUT2D eigenvalue weighted by Crippen LogP contribution is 2.36. The second-order valence-electron chi connectivity index (χ2n) is 3.92. The summed E-state index contributed by atoms with van der Waals surface area (Å²) in [4.78, 5) is 22.7. The van der Waals surface area contributed by atoms with Crippen LogP contribution < -0.4 is 20.2 Å². The third-order valence-electron chi connectivity index (χ3n) is 2.47. The second kappa shape index (κ2) is 6.89. The third kappa shape index (κ3) is 3.82. The highest BCUT2D eigenvalue weighted by Gasteiger charge is 2.16. The number of nitrogens with zero attached hydrogens (tertiary/aromatic N) is 1. The van der Waals surface area contributed by atoms with E-state index in [-0.39, 0.29) is 13.3 Å². The molecule has 0 fully saturated rings.